The zero-order chi connectivity index (χ0) is 14.8. The van der Waals surface area contributed by atoms with Gasteiger partial charge in [0.15, 0.2) is 9.84 Å². The van der Waals surface area contributed by atoms with Crippen LogP contribution in [-0.2, 0) is 9.84 Å². The lowest BCUT2D eigenvalue weighted by Crippen LogP contribution is -1.99. The summed E-state index contributed by atoms with van der Waals surface area (Å²) in [5, 5.41) is 2.91. The van der Waals surface area contributed by atoms with E-state index < -0.39 is 9.84 Å². The molecule has 7 heteroatoms. The lowest BCUT2D eigenvalue weighted by Gasteiger charge is -2.08. The van der Waals surface area contributed by atoms with Gasteiger partial charge in [0, 0.05) is 19.4 Å². The minimum Gasteiger partial charge on any atom is -0.439 e. The summed E-state index contributed by atoms with van der Waals surface area (Å²) in [6, 6.07) is 7.84. The van der Waals surface area contributed by atoms with E-state index in [1.54, 1.807) is 32.2 Å². The van der Waals surface area contributed by atoms with E-state index in [1.807, 2.05) is 0 Å². The summed E-state index contributed by atoms with van der Waals surface area (Å²) < 4.78 is 28.3. The van der Waals surface area contributed by atoms with Gasteiger partial charge in [-0.05, 0) is 31.2 Å². The number of sulfone groups is 1. The number of aryl methyl sites for hydroxylation is 1. The third kappa shape index (κ3) is 3.45. The van der Waals surface area contributed by atoms with Crippen molar-refractivity contribution >= 4 is 15.7 Å². The Morgan fingerprint density at radius 1 is 1.15 bits per heavy atom. The Bertz CT molecular complexity index is 712. The van der Waals surface area contributed by atoms with E-state index >= 15 is 0 Å². The minimum absolute atomic E-state index is 0.250. The van der Waals surface area contributed by atoms with Crippen molar-refractivity contribution < 1.29 is 13.2 Å². The summed E-state index contributed by atoms with van der Waals surface area (Å²) in [6.07, 6.45) is 1.16. The topological polar surface area (TPSA) is 81.2 Å². The average Bonchev–Trinajstić information content (AvgIpc) is 2.37. The first-order chi connectivity index (χ1) is 9.38. The van der Waals surface area contributed by atoms with E-state index in [4.69, 9.17) is 4.74 Å². The fraction of sp³-hybridized carbons (Fsp3) is 0.231. The smallest absolute Gasteiger partial charge is 0.224 e. The minimum atomic E-state index is -3.20. The first kappa shape index (κ1) is 14.3. The van der Waals surface area contributed by atoms with Crippen molar-refractivity contribution in [3.05, 3.63) is 36.2 Å². The molecule has 2 aromatic rings. The highest BCUT2D eigenvalue weighted by Gasteiger charge is 2.08. The van der Waals surface area contributed by atoms with Crippen molar-refractivity contribution in [3.63, 3.8) is 0 Å². The Hall–Kier alpha value is -2.15. The van der Waals surface area contributed by atoms with E-state index in [-0.39, 0.29) is 4.90 Å². The second-order valence-electron chi connectivity index (χ2n) is 4.23. The SMILES string of the molecule is CNc1cc(Oc2ccc(S(C)(=O)=O)cc2)nc(C)n1. The summed E-state index contributed by atoms with van der Waals surface area (Å²) >= 11 is 0. The molecule has 0 bridgehead atoms. The van der Waals surface area contributed by atoms with E-state index in [0.29, 0.717) is 23.3 Å². The number of aromatic nitrogens is 2. The molecular formula is C13H15N3O3S. The van der Waals surface area contributed by atoms with Gasteiger partial charge in [-0.15, -0.1) is 0 Å². The fourth-order valence-corrected chi connectivity index (χ4v) is 2.23. The second kappa shape index (κ2) is 5.46. The third-order valence-electron chi connectivity index (χ3n) is 2.54. The van der Waals surface area contributed by atoms with E-state index in [0.717, 1.165) is 6.26 Å². The van der Waals surface area contributed by atoms with E-state index in [1.165, 1.54) is 12.1 Å². The van der Waals surface area contributed by atoms with Crippen molar-refractivity contribution in [1.82, 2.24) is 9.97 Å². The van der Waals surface area contributed by atoms with Crippen LogP contribution < -0.4 is 10.1 Å². The number of nitrogens with zero attached hydrogens (tertiary/aromatic N) is 2. The van der Waals surface area contributed by atoms with Crippen LogP contribution in [0, 0.1) is 6.92 Å². The number of anilines is 1. The monoisotopic (exact) mass is 293 g/mol. The number of rotatable bonds is 4. The van der Waals surface area contributed by atoms with Crippen molar-refractivity contribution in [2.45, 2.75) is 11.8 Å². The molecule has 0 saturated carbocycles. The van der Waals surface area contributed by atoms with Crippen molar-refractivity contribution in [1.29, 1.82) is 0 Å². The molecule has 0 atom stereocenters. The summed E-state index contributed by atoms with van der Waals surface area (Å²) in [5.74, 6) is 2.14. The molecule has 0 unspecified atom stereocenters. The standard InChI is InChI=1S/C13H15N3O3S/c1-9-15-12(14-2)8-13(16-9)19-10-4-6-11(7-5-10)20(3,17)18/h4-8H,1-3H3,(H,14,15,16). The molecule has 0 aliphatic rings. The van der Waals surface area contributed by atoms with Crippen LogP contribution in [-0.4, -0.2) is 31.7 Å². The lowest BCUT2D eigenvalue weighted by atomic mass is 10.3. The Morgan fingerprint density at radius 3 is 2.35 bits per heavy atom. The maximum atomic E-state index is 11.4. The second-order valence-corrected chi connectivity index (χ2v) is 6.25. The quantitative estimate of drug-likeness (QED) is 0.929. The van der Waals surface area contributed by atoms with Gasteiger partial charge in [-0.3, -0.25) is 0 Å². The van der Waals surface area contributed by atoms with Crippen LogP contribution >= 0.6 is 0 Å². The van der Waals surface area contributed by atoms with Gasteiger partial charge in [-0.1, -0.05) is 0 Å². The van der Waals surface area contributed by atoms with Crippen molar-refractivity contribution in [2.75, 3.05) is 18.6 Å². The highest BCUT2D eigenvalue weighted by atomic mass is 32.2. The van der Waals surface area contributed by atoms with Gasteiger partial charge in [0.2, 0.25) is 5.88 Å². The number of benzene rings is 1. The molecule has 0 amide bonds. The molecule has 0 aliphatic carbocycles. The third-order valence-corrected chi connectivity index (χ3v) is 3.67. The number of ether oxygens (including phenoxy) is 1. The van der Waals surface area contributed by atoms with Gasteiger partial charge in [-0.2, -0.15) is 4.98 Å². The summed E-state index contributed by atoms with van der Waals surface area (Å²) in [4.78, 5) is 8.57. The van der Waals surface area contributed by atoms with Crippen LogP contribution in [0.2, 0.25) is 0 Å². The Kier molecular flexibility index (Phi) is 3.89. The summed E-state index contributed by atoms with van der Waals surface area (Å²) in [6.45, 7) is 1.76. The molecular weight excluding hydrogens is 278 g/mol. The first-order valence-corrected chi connectivity index (χ1v) is 7.79. The molecule has 0 fully saturated rings. The molecule has 1 aromatic heterocycles. The number of hydrogen-bond donors (Lipinski definition) is 1. The zero-order valence-electron chi connectivity index (χ0n) is 11.4. The zero-order valence-corrected chi connectivity index (χ0v) is 12.2. The van der Waals surface area contributed by atoms with Crippen molar-refractivity contribution in [3.8, 4) is 11.6 Å². The highest BCUT2D eigenvalue weighted by Crippen LogP contribution is 2.23. The molecule has 1 N–H and O–H groups in total. The van der Waals surface area contributed by atoms with Crippen LogP contribution in [0.15, 0.2) is 35.2 Å². The molecule has 6 nitrogen and oxygen atoms in total. The average molecular weight is 293 g/mol. The van der Waals surface area contributed by atoms with E-state index in [9.17, 15) is 8.42 Å². The van der Waals surface area contributed by atoms with Gasteiger partial charge >= 0.3 is 0 Å². The van der Waals surface area contributed by atoms with Crippen LogP contribution in [0.25, 0.3) is 0 Å². The van der Waals surface area contributed by atoms with Crippen LogP contribution in [0.5, 0.6) is 11.6 Å². The molecule has 2 rings (SSSR count). The highest BCUT2D eigenvalue weighted by molar-refractivity contribution is 7.90. The Morgan fingerprint density at radius 2 is 1.80 bits per heavy atom. The number of hydrogen-bond acceptors (Lipinski definition) is 6. The molecule has 0 saturated heterocycles. The normalized spacial score (nSPS) is 11.2. The molecule has 20 heavy (non-hydrogen) atoms. The van der Waals surface area contributed by atoms with Crippen molar-refractivity contribution in [2.24, 2.45) is 0 Å². The Balaban J connectivity index is 2.24. The Labute approximate surface area is 117 Å². The molecule has 0 radical (unpaired) electrons. The molecule has 1 heterocycles. The van der Waals surface area contributed by atoms with Crippen LogP contribution in [0.4, 0.5) is 5.82 Å². The van der Waals surface area contributed by atoms with Gasteiger partial charge in [-0.25, -0.2) is 13.4 Å². The molecule has 1 aromatic carbocycles. The molecule has 106 valence electrons. The fourth-order valence-electron chi connectivity index (χ4n) is 1.60. The van der Waals surface area contributed by atoms with Crippen LogP contribution in [0.1, 0.15) is 5.82 Å². The maximum Gasteiger partial charge on any atom is 0.224 e. The van der Waals surface area contributed by atoms with Gasteiger partial charge in [0.25, 0.3) is 0 Å². The first-order valence-electron chi connectivity index (χ1n) is 5.90. The molecule has 0 spiro atoms. The van der Waals surface area contributed by atoms with Gasteiger partial charge < -0.3 is 10.1 Å². The van der Waals surface area contributed by atoms with Gasteiger partial charge in [0.05, 0.1) is 4.90 Å². The summed E-state index contributed by atoms with van der Waals surface area (Å²) in [5.41, 5.74) is 0. The predicted molar refractivity (Wildman–Crippen MR) is 75.9 cm³/mol. The lowest BCUT2D eigenvalue weighted by molar-refractivity contribution is 0.460. The summed E-state index contributed by atoms with van der Waals surface area (Å²) in [7, 11) is -1.44. The number of nitrogens with one attached hydrogen (secondary N) is 1. The van der Waals surface area contributed by atoms with Gasteiger partial charge in [0.1, 0.15) is 17.4 Å². The largest absolute Gasteiger partial charge is 0.439 e. The van der Waals surface area contributed by atoms with E-state index in [2.05, 4.69) is 15.3 Å². The maximum absolute atomic E-state index is 11.4. The van der Waals surface area contributed by atoms with Crippen LogP contribution in [0.3, 0.4) is 0 Å². The molecule has 0 aliphatic heterocycles. The predicted octanol–water partition coefficient (Wildman–Crippen LogP) is 2.02.